The third-order valence-corrected chi connectivity index (χ3v) is 6.48. The lowest BCUT2D eigenvalue weighted by atomic mass is 9.93. The number of carbonyl (C=O) groups is 2. The van der Waals surface area contributed by atoms with Gasteiger partial charge in [0.1, 0.15) is 11.9 Å². The largest absolute Gasteiger partial charge is 0.480 e. The first kappa shape index (κ1) is 22.3. The lowest BCUT2D eigenvalue weighted by Gasteiger charge is -2.35. The van der Waals surface area contributed by atoms with E-state index in [1.807, 2.05) is 35.2 Å². The van der Waals surface area contributed by atoms with Crippen LogP contribution in [-0.4, -0.2) is 53.0 Å². The first-order valence-electron chi connectivity index (χ1n) is 11.6. The molecule has 0 saturated carbocycles. The van der Waals surface area contributed by atoms with Crippen LogP contribution in [0.15, 0.2) is 42.5 Å². The number of carboxylic acids is 1. The highest BCUT2D eigenvalue weighted by Crippen LogP contribution is 2.27. The van der Waals surface area contributed by atoms with Crippen LogP contribution in [-0.2, 0) is 22.4 Å². The number of nitrogens with one attached hydrogen (secondary N) is 2. The number of benzene rings is 1. The Kier molecular flexibility index (Phi) is 7.37. The molecule has 4 rings (SSSR count). The van der Waals surface area contributed by atoms with Crippen LogP contribution in [0, 0.1) is 5.92 Å². The Hall–Kier alpha value is -2.93. The number of carboxylic acid groups (broad SMARTS) is 1. The van der Waals surface area contributed by atoms with Crippen molar-refractivity contribution >= 4 is 17.7 Å². The number of pyridine rings is 1. The van der Waals surface area contributed by atoms with Crippen molar-refractivity contribution in [1.29, 1.82) is 0 Å². The van der Waals surface area contributed by atoms with E-state index in [4.69, 9.17) is 4.98 Å². The number of amides is 1. The summed E-state index contributed by atoms with van der Waals surface area (Å²) in [5, 5.41) is 16.2. The Labute approximate surface area is 189 Å². The van der Waals surface area contributed by atoms with E-state index in [9.17, 15) is 14.7 Å². The molecule has 7 heteroatoms. The van der Waals surface area contributed by atoms with Gasteiger partial charge in [0.2, 0.25) is 5.91 Å². The van der Waals surface area contributed by atoms with Crippen LogP contribution in [0.3, 0.4) is 0 Å². The summed E-state index contributed by atoms with van der Waals surface area (Å²) < 4.78 is 0. The molecule has 1 fully saturated rings. The van der Waals surface area contributed by atoms with Gasteiger partial charge >= 0.3 is 5.97 Å². The van der Waals surface area contributed by atoms with E-state index in [1.165, 1.54) is 5.56 Å². The number of hydrogen-bond donors (Lipinski definition) is 3. The lowest BCUT2D eigenvalue weighted by Crippen LogP contribution is -2.44. The maximum absolute atomic E-state index is 12.6. The van der Waals surface area contributed by atoms with Crippen molar-refractivity contribution < 1.29 is 14.7 Å². The normalized spacial score (nSPS) is 17.8. The smallest absolute Gasteiger partial charge is 0.325 e. The second kappa shape index (κ2) is 10.6. The van der Waals surface area contributed by atoms with Gasteiger partial charge in [-0.1, -0.05) is 36.4 Å². The molecule has 32 heavy (non-hydrogen) atoms. The third kappa shape index (κ3) is 5.46. The Bertz CT molecular complexity index is 926. The van der Waals surface area contributed by atoms with Crippen LogP contribution in [0.5, 0.6) is 0 Å². The van der Waals surface area contributed by atoms with Crippen LogP contribution in [0.25, 0.3) is 0 Å². The first-order chi connectivity index (χ1) is 15.6. The van der Waals surface area contributed by atoms with Crippen LogP contribution < -0.4 is 10.6 Å². The maximum Gasteiger partial charge on any atom is 0.325 e. The molecule has 1 aromatic carbocycles. The van der Waals surface area contributed by atoms with E-state index in [2.05, 4.69) is 22.8 Å². The van der Waals surface area contributed by atoms with Gasteiger partial charge in [0.15, 0.2) is 0 Å². The van der Waals surface area contributed by atoms with E-state index in [-0.39, 0.29) is 11.8 Å². The maximum atomic E-state index is 12.6. The number of nitrogens with zero attached hydrogens (tertiary/aromatic N) is 2. The van der Waals surface area contributed by atoms with E-state index in [0.717, 1.165) is 49.3 Å². The van der Waals surface area contributed by atoms with Crippen molar-refractivity contribution in [1.82, 2.24) is 15.2 Å². The highest BCUT2D eigenvalue weighted by molar-refractivity contribution is 5.79. The summed E-state index contributed by atoms with van der Waals surface area (Å²) in [6, 6.07) is 12.9. The zero-order valence-electron chi connectivity index (χ0n) is 18.4. The lowest BCUT2D eigenvalue weighted by molar-refractivity contribution is -0.144. The minimum atomic E-state index is -0.843. The number of hydrogen-bond acceptors (Lipinski definition) is 5. The van der Waals surface area contributed by atoms with Crippen molar-refractivity contribution in [2.45, 2.75) is 44.6 Å². The summed E-state index contributed by atoms with van der Waals surface area (Å²) in [7, 11) is 0. The number of anilines is 1. The predicted octanol–water partition coefficient (Wildman–Crippen LogP) is 3.03. The standard InChI is InChI=1S/C25H32N4O3/c30-24(27-15-5-9-21-11-10-19-8-4-14-26-23(19)28-21)20-12-16-29(17-13-20)22(25(31)32)18-6-2-1-3-7-18/h1-3,6-7,10-11,20,22H,4-5,8-9,12-17H2,(H,26,28)(H,27,30)(H,31,32)/t22-/m0/s1. The first-order valence-corrected chi connectivity index (χ1v) is 11.6. The Morgan fingerprint density at radius 1 is 1.16 bits per heavy atom. The summed E-state index contributed by atoms with van der Waals surface area (Å²) in [5.41, 5.74) is 3.13. The number of carbonyl (C=O) groups excluding carboxylic acids is 1. The fourth-order valence-electron chi connectivity index (χ4n) is 4.70. The molecule has 3 heterocycles. The fraction of sp³-hybridized carbons (Fsp3) is 0.480. The topological polar surface area (TPSA) is 94.6 Å². The van der Waals surface area contributed by atoms with Gasteiger partial charge in [0.05, 0.1) is 0 Å². The van der Waals surface area contributed by atoms with Gasteiger partial charge < -0.3 is 15.7 Å². The van der Waals surface area contributed by atoms with Gasteiger partial charge in [-0.15, -0.1) is 0 Å². The molecule has 2 aromatic rings. The van der Waals surface area contributed by atoms with Crippen molar-refractivity contribution in [3.8, 4) is 0 Å². The summed E-state index contributed by atoms with van der Waals surface area (Å²) in [6.07, 6.45) is 5.29. The monoisotopic (exact) mass is 436 g/mol. The number of likely N-dealkylation sites (tertiary alicyclic amines) is 1. The average Bonchev–Trinajstić information content (AvgIpc) is 2.82. The van der Waals surface area contributed by atoms with E-state index >= 15 is 0 Å². The molecule has 1 aromatic heterocycles. The van der Waals surface area contributed by atoms with Crippen molar-refractivity contribution in [2.75, 3.05) is 31.5 Å². The summed E-state index contributed by atoms with van der Waals surface area (Å²) >= 11 is 0. The molecule has 7 nitrogen and oxygen atoms in total. The number of piperidine rings is 1. The molecular formula is C25H32N4O3. The predicted molar refractivity (Wildman–Crippen MR) is 123 cm³/mol. The van der Waals surface area contributed by atoms with Crippen LogP contribution in [0.1, 0.15) is 48.5 Å². The zero-order chi connectivity index (χ0) is 22.3. The molecule has 0 aliphatic carbocycles. The van der Waals surface area contributed by atoms with Gasteiger partial charge in [0.25, 0.3) is 0 Å². The van der Waals surface area contributed by atoms with Crippen LogP contribution in [0.4, 0.5) is 5.82 Å². The fourth-order valence-corrected chi connectivity index (χ4v) is 4.70. The number of rotatable bonds is 8. The van der Waals surface area contributed by atoms with Gasteiger partial charge in [-0.05, 0) is 55.7 Å². The molecule has 0 bridgehead atoms. The van der Waals surface area contributed by atoms with E-state index in [1.54, 1.807) is 0 Å². The van der Waals surface area contributed by atoms with Gasteiger partial charge in [-0.3, -0.25) is 14.5 Å². The second-order valence-electron chi connectivity index (χ2n) is 8.70. The number of aliphatic carboxylic acids is 1. The summed E-state index contributed by atoms with van der Waals surface area (Å²) in [6.45, 7) is 2.83. The SMILES string of the molecule is O=C(NCCCc1ccc2c(n1)NCCC2)C1CCN([C@H](C(=O)O)c2ccccc2)CC1. The molecule has 2 aliphatic heterocycles. The number of aromatic nitrogens is 1. The molecule has 1 saturated heterocycles. The molecule has 0 radical (unpaired) electrons. The Morgan fingerprint density at radius 2 is 1.94 bits per heavy atom. The molecule has 170 valence electrons. The van der Waals surface area contributed by atoms with Crippen LogP contribution >= 0.6 is 0 Å². The van der Waals surface area contributed by atoms with Gasteiger partial charge in [-0.2, -0.15) is 0 Å². The van der Waals surface area contributed by atoms with E-state index < -0.39 is 12.0 Å². The molecule has 0 spiro atoms. The van der Waals surface area contributed by atoms with Crippen LogP contribution in [0.2, 0.25) is 0 Å². The molecule has 2 aliphatic rings. The highest BCUT2D eigenvalue weighted by Gasteiger charge is 2.32. The average molecular weight is 437 g/mol. The third-order valence-electron chi connectivity index (χ3n) is 6.48. The van der Waals surface area contributed by atoms with E-state index in [0.29, 0.717) is 32.5 Å². The van der Waals surface area contributed by atoms with Gasteiger partial charge in [-0.25, -0.2) is 4.98 Å². The molecule has 3 N–H and O–H groups in total. The Balaban J connectivity index is 1.20. The molecular weight excluding hydrogens is 404 g/mol. The van der Waals surface area contributed by atoms with Crippen molar-refractivity contribution in [3.63, 3.8) is 0 Å². The molecule has 1 amide bonds. The minimum Gasteiger partial charge on any atom is -0.480 e. The molecule has 1 atom stereocenters. The highest BCUT2D eigenvalue weighted by atomic mass is 16.4. The van der Waals surface area contributed by atoms with Gasteiger partial charge in [0, 0.05) is 37.8 Å². The molecule has 0 unspecified atom stereocenters. The van der Waals surface area contributed by atoms with Crippen molar-refractivity contribution in [2.24, 2.45) is 5.92 Å². The van der Waals surface area contributed by atoms with Crippen molar-refractivity contribution in [3.05, 3.63) is 59.3 Å². The summed E-state index contributed by atoms with van der Waals surface area (Å²) in [5.74, 6) is 0.198. The minimum absolute atomic E-state index is 0.0532. The number of fused-ring (bicyclic) bond motifs is 1. The number of aryl methyl sites for hydroxylation is 2. The second-order valence-corrected chi connectivity index (χ2v) is 8.70. The zero-order valence-corrected chi connectivity index (χ0v) is 18.4. The Morgan fingerprint density at radius 3 is 2.69 bits per heavy atom. The quantitative estimate of drug-likeness (QED) is 0.551. The summed E-state index contributed by atoms with van der Waals surface area (Å²) in [4.78, 5) is 31.1.